The van der Waals surface area contributed by atoms with E-state index in [0.717, 1.165) is 17.7 Å². The van der Waals surface area contributed by atoms with Gasteiger partial charge in [-0.15, -0.1) is 0 Å². The van der Waals surface area contributed by atoms with Crippen molar-refractivity contribution in [2.24, 2.45) is 10.7 Å². The van der Waals surface area contributed by atoms with E-state index in [1.807, 2.05) is 18.2 Å². The van der Waals surface area contributed by atoms with Gasteiger partial charge in [0.05, 0.1) is 16.8 Å². The van der Waals surface area contributed by atoms with Crippen LogP contribution < -0.4 is 10.5 Å². The van der Waals surface area contributed by atoms with Crippen LogP contribution in [0, 0.1) is 0 Å². The van der Waals surface area contributed by atoms with E-state index in [1.54, 1.807) is 6.07 Å². The molecule has 0 aliphatic carbocycles. The van der Waals surface area contributed by atoms with E-state index >= 15 is 0 Å². The molecule has 0 bridgehead atoms. The predicted molar refractivity (Wildman–Crippen MR) is 115 cm³/mol. The van der Waals surface area contributed by atoms with Crippen LogP contribution in [0.1, 0.15) is 11.5 Å². The highest BCUT2D eigenvalue weighted by molar-refractivity contribution is 6.23. The fraction of sp³-hybridized carbons (Fsp3) is 0.143. The van der Waals surface area contributed by atoms with Gasteiger partial charge < -0.3 is 15.0 Å². The number of pyridine rings is 1. The van der Waals surface area contributed by atoms with Crippen molar-refractivity contribution in [2.45, 2.75) is 6.18 Å². The van der Waals surface area contributed by atoms with Crippen LogP contribution in [-0.2, 0) is 6.18 Å². The second-order valence-electron chi connectivity index (χ2n) is 6.76. The highest BCUT2D eigenvalue weighted by Gasteiger charge is 2.30. The first-order valence-electron chi connectivity index (χ1n) is 9.73. The molecule has 0 radical (unpaired) electrons. The summed E-state index contributed by atoms with van der Waals surface area (Å²) in [5, 5.41) is 10.6. The van der Waals surface area contributed by atoms with E-state index in [2.05, 4.69) is 35.3 Å². The van der Waals surface area contributed by atoms with Crippen molar-refractivity contribution in [3.05, 3.63) is 66.6 Å². The van der Waals surface area contributed by atoms with Crippen LogP contribution in [-0.4, -0.2) is 49.7 Å². The van der Waals surface area contributed by atoms with Crippen molar-refractivity contribution in [1.82, 2.24) is 30.3 Å². The minimum absolute atomic E-state index is 0.0130. The van der Waals surface area contributed by atoms with Crippen LogP contribution in [0.25, 0.3) is 28.3 Å². The Morgan fingerprint density at radius 2 is 2.03 bits per heavy atom. The zero-order valence-corrected chi connectivity index (χ0v) is 17.6. The molecule has 0 atom stereocenters. The average molecular weight is 470 g/mol. The highest BCUT2D eigenvalue weighted by atomic mass is 19.4. The lowest BCUT2D eigenvalue weighted by Gasteiger charge is -2.10. The maximum Gasteiger partial charge on any atom is 0.417 e. The minimum atomic E-state index is -4.49. The Labute approximate surface area is 190 Å². The Morgan fingerprint density at radius 1 is 1.21 bits per heavy atom. The highest BCUT2D eigenvalue weighted by Crippen LogP contribution is 2.29. The summed E-state index contributed by atoms with van der Waals surface area (Å²) in [4.78, 5) is 16.3. The quantitative estimate of drug-likeness (QED) is 0.392. The summed E-state index contributed by atoms with van der Waals surface area (Å²) < 4.78 is 48.9. The largest absolute Gasteiger partial charge is 0.471 e. The summed E-state index contributed by atoms with van der Waals surface area (Å²) in [5.74, 6) is 0.965. The Bertz CT molecular complexity index is 1310. The van der Waals surface area contributed by atoms with E-state index in [9.17, 15) is 13.2 Å². The van der Waals surface area contributed by atoms with Crippen molar-refractivity contribution >= 4 is 11.3 Å². The maximum absolute atomic E-state index is 12.7. The number of hydrogen-bond donors (Lipinski definition) is 2. The molecule has 10 nitrogen and oxygen atoms in total. The molecule has 4 aromatic rings. The summed E-state index contributed by atoms with van der Waals surface area (Å²) in [6.45, 7) is -0.142. The number of halogens is 3. The van der Waals surface area contributed by atoms with Gasteiger partial charge in [0.25, 0.3) is 5.89 Å². The monoisotopic (exact) mass is 470 g/mol. The molecule has 3 aromatic heterocycles. The van der Waals surface area contributed by atoms with E-state index < -0.39 is 11.7 Å². The number of aliphatic imine (C=N–C) groups is 1. The number of hydrogen-bond acceptors (Lipinski definition) is 9. The van der Waals surface area contributed by atoms with Crippen LogP contribution in [0.3, 0.4) is 0 Å². The zero-order valence-electron chi connectivity index (χ0n) is 17.6. The second kappa shape index (κ2) is 9.52. The number of ether oxygens (including phenoxy) is 1. The molecule has 0 aliphatic heterocycles. The van der Waals surface area contributed by atoms with Crippen molar-refractivity contribution in [3.63, 3.8) is 0 Å². The Kier molecular flexibility index (Phi) is 6.34. The first kappa shape index (κ1) is 22.6. The number of aromatic amines is 1. The molecule has 34 heavy (non-hydrogen) atoms. The van der Waals surface area contributed by atoms with Gasteiger partial charge in [-0.05, 0) is 12.1 Å². The third-order valence-electron chi connectivity index (χ3n) is 4.63. The molecule has 0 spiro atoms. The molecular weight excluding hydrogens is 453 g/mol. The van der Waals surface area contributed by atoms with Gasteiger partial charge in [0.1, 0.15) is 12.9 Å². The summed E-state index contributed by atoms with van der Waals surface area (Å²) >= 11 is 0. The average Bonchev–Trinajstić information content (AvgIpc) is 3.54. The Morgan fingerprint density at radius 3 is 2.68 bits per heavy atom. The molecule has 0 amide bonds. The van der Waals surface area contributed by atoms with Gasteiger partial charge in [-0.25, -0.2) is 9.97 Å². The van der Waals surface area contributed by atoms with Crippen molar-refractivity contribution in [1.29, 1.82) is 0 Å². The minimum Gasteiger partial charge on any atom is -0.471 e. The third kappa shape index (κ3) is 4.92. The standard InChI is InChI=1S/C21H17F3N8O2/c1-26-16(10-33-17-6-5-14(9-27-17)21(22,23)24)15(8-25)20-30-19(32-34-20)13-4-2-3-12(7-13)18-28-11-29-31-18/h2-9,11H,10,25H2,1H3,(H,28,29,31)/b15-8+,26-16?. The number of rotatable bonds is 7. The van der Waals surface area contributed by atoms with Crippen LogP contribution in [0.5, 0.6) is 5.88 Å². The summed E-state index contributed by atoms with van der Waals surface area (Å²) in [6.07, 6.45) is -1.16. The molecule has 4 rings (SSSR count). The fourth-order valence-corrected chi connectivity index (χ4v) is 2.93. The number of nitrogens with zero attached hydrogens (tertiary/aromatic N) is 6. The summed E-state index contributed by atoms with van der Waals surface area (Å²) in [5.41, 5.74) is 6.97. The van der Waals surface area contributed by atoms with Crippen molar-refractivity contribution < 1.29 is 22.4 Å². The first-order valence-corrected chi connectivity index (χ1v) is 9.73. The zero-order chi connectivity index (χ0) is 24.1. The van der Waals surface area contributed by atoms with E-state index in [4.69, 9.17) is 15.0 Å². The van der Waals surface area contributed by atoms with Gasteiger partial charge in [-0.1, -0.05) is 23.4 Å². The van der Waals surface area contributed by atoms with Crippen LogP contribution >= 0.6 is 0 Å². The molecule has 0 unspecified atom stereocenters. The van der Waals surface area contributed by atoms with Gasteiger partial charge in [0.15, 0.2) is 5.82 Å². The topological polar surface area (TPSA) is 141 Å². The van der Waals surface area contributed by atoms with Gasteiger partial charge in [0, 0.05) is 36.6 Å². The third-order valence-corrected chi connectivity index (χ3v) is 4.63. The molecule has 13 heteroatoms. The second-order valence-corrected chi connectivity index (χ2v) is 6.76. The number of alkyl halides is 3. The van der Waals surface area contributed by atoms with Crippen molar-refractivity contribution in [3.8, 4) is 28.7 Å². The molecule has 0 saturated carbocycles. The summed E-state index contributed by atoms with van der Waals surface area (Å²) in [6, 6.07) is 9.28. The molecule has 0 saturated heterocycles. The fourth-order valence-electron chi connectivity index (χ4n) is 2.93. The lowest BCUT2D eigenvalue weighted by atomic mass is 10.1. The van der Waals surface area contributed by atoms with E-state index in [0.29, 0.717) is 34.7 Å². The number of nitrogens with one attached hydrogen (secondary N) is 1. The van der Waals surface area contributed by atoms with Gasteiger partial charge in [-0.3, -0.25) is 10.1 Å². The molecule has 3 heterocycles. The molecule has 0 aliphatic rings. The smallest absolute Gasteiger partial charge is 0.417 e. The molecule has 0 fully saturated rings. The lowest BCUT2D eigenvalue weighted by molar-refractivity contribution is -0.137. The molecule has 1 aromatic carbocycles. The first-order chi connectivity index (χ1) is 16.4. The van der Waals surface area contributed by atoms with Crippen LogP contribution in [0.2, 0.25) is 0 Å². The Balaban J connectivity index is 1.50. The number of nitrogens with two attached hydrogens (primary N) is 1. The SMILES string of the molecule is CN=C(COc1ccc(C(F)(F)F)cn1)/C(=C\N)c1nc(-c2cccc(-c3ncn[nH]3)c2)no1. The number of H-pyrrole nitrogens is 1. The summed E-state index contributed by atoms with van der Waals surface area (Å²) in [7, 11) is 1.50. The normalized spacial score (nSPS) is 12.7. The van der Waals surface area contributed by atoms with E-state index in [-0.39, 0.29) is 18.4 Å². The number of aromatic nitrogens is 6. The van der Waals surface area contributed by atoms with Crippen molar-refractivity contribution in [2.75, 3.05) is 13.7 Å². The lowest BCUT2D eigenvalue weighted by Crippen LogP contribution is -2.16. The predicted octanol–water partition coefficient (Wildman–Crippen LogP) is 3.38. The van der Waals surface area contributed by atoms with Gasteiger partial charge in [-0.2, -0.15) is 23.3 Å². The van der Waals surface area contributed by atoms with Gasteiger partial charge >= 0.3 is 6.18 Å². The van der Waals surface area contributed by atoms with Crippen LogP contribution in [0.4, 0.5) is 13.2 Å². The molecule has 174 valence electrons. The molecule has 3 N–H and O–H groups in total. The van der Waals surface area contributed by atoms with Crippen LogP contribution in [0.15, 0.2) is 64.6 Å². The van der Waals surface area contributed by atoms with E-state index in [1.165, 1.54) is 19.6 Å². The van der Waals surface area contributed by atoms with Gasteiger partial charge in [0.2, 0.25) is 11.7 Å². The molecular formula is C21H17F3N8O2. The Hall–Kier alpha value is -4.55. The maximum atomic E-state index is 12.7. The number of benzene rings is 1.